The summed E-state index contributed by atoms with van der Waals surface area (Å²) >= 11 is 0. The number of halogens is 3. The first-order valence-electron chi connectivity index (χ1n) is 9.32. The molecule has 1 heterocycles. The Hall–Kier alpha value is -2.01. The molecule has 0 aromatic heterocycles. The molecule has 1 saturated heterocycles. The SMILES string of the molecule is CN=C(NCc1ccc(OC(C)C)cc1)NC1CCN(S(=O)(=O)C(F)(F)F)CC1. The van der Waals surface area contributed by atoms with Gasteiger partial charge < -0.3 is 15.4 Å². The summed E-state index contributed by atoms with van der Waals surface area (Å²) in [6.45, 7) is 4.03. The second kappa shape index (κ2) is 9.66. The van der Waals surface area contributed by atoms with Crippen molar-refractivity contribution in [2.75, 3.05) is 20.1 Å². The van der Waals surface area contributed by atoms with Gasteiger partial charge in [0.2, 0.25) is 0 Å². The number of aliphatic imine (C=N–C) groups is 1. The molecule has 0 radical (unpaired) electrons. The van der Waals surface area contributed by atoms with Gasteiger partial charge in [-0.2, -0.15) is 17.5 Å². The molecule has 0 atom stereocenters. The molecule has 0 bridgehead atoms. The second-order valence-electron chi connectivity index (χ2n) is 7.00. The number of piperidine rings is 1. The van der Waals surface area contributed by atoms with Crippen molar-refractivity contribution in [3.8, 4) is 5.75 Å². The number of nitrogens with one attached hydrogen (secondary N) is 2. The zero-order valence-corrected chi connectivity index (χ0v) is 17.5. The lowest BCUT2D eigenvalue weighted by Crippen LogP contribution is -2.51. The van der Waals surface area contributed by atoms with Crippen LogP contribution >= 0.6 is 0 Å². The molecule has 7 nitrogen and oxygen atoms in total. The van der Waals surface area contributed by atoms with Crippen molar-refractivity contribution in [3.05, 3.63) is 29.8 Å². The van der Waals surface area contributed by atoms with Crippen molar-refractivity contribution < 1.29 is 26.3 Å². The zero-order chi connectivity index (χ0) is 21.7. The van der Waals surface area contributed by atoms with E-state index in [2.05, 4.69) is 15.6 Å². The normalized spacial score (nSPS) is 17.4. The molecule has 0 amide bonds. The van der Waals surface area contributed by atoms with Gasteiger partial charge in [-0.3, -0.25) is 4.99 Å². The van der Waals surface area contributed by atoms with Crippen molar-refractivity contribution in [2.45, 2.75) is 50.9 Å². The number of hydrogen-bond donors (Lipinski definition) is 2. The Morgan fingerprint density at radius 3 is 2.31 bits per heavy atom. The van der Waals surface area contributed by atoms with Crippen LogP contribution in [0.3, 0.4) is 0 Å². The van der Waals surface area contributed by atoms with E-state index in [0.29, 0.717) is 16.8 Å². The van der Waals surface area contributed by atoms with Crippen molar-refractivity contribution in [1.29, 1.82) is 0 Å². The van der Waals surface area contributed by atoms with E-state index in [1.165, 1.54) is 0 Å². The van der Waals surface area contributed by atoms with Crippen LogP contribution in [0.2, 0.25) is 0 Å². The molecule has 0 unspecified atom stereocenters. The maximum atomic E-state index is 12.6. The van der Waals surface area contributed by atoms with Crippen LogP contribution in [-0.2, 0) is 16.6 Å². The monoisotopic (exact) mass is 436 g/mol. The highest BCUT2D eigenvalue weighted by Gasteiger charge is 2.50. The van der Waals surface area contributed by atoms with E-state index in [4.69, 9.17) is 4.74 Å². The Morgan fingerprint density at radius 2 is 1.83 bits per heavy atom. The highest BCUT2D eigenvalue weighted by molar-refractivity contribution is 7.90. The van der Waals surface area contributed by atoms with Gasteiger partial charge in [0.25, 0.3) is 0 Å². The summed E-state index contributed by atoms with van der Waals surface area (Å²) in [5, 5.41) is 6.28. The highest BCUT2D eigenvalue weighted by atomic mass is 32.2. The van der Waals surface area contributed by atoms with E-state index in [-0.39, 0.29) is 38.1 Å². The second-order valence-corrected chi connectivity index (χ2v) is 8.93. The summed E-state index contributed by atoms with van der Waals surface area (Å²) in [5.41, 5.74) is -4.25. The van der Waals surface area contributed by atoms with Gasteiger partial charge in [0, 0.05) is 32.7 Å². The molecule has 0 aliphatic carbocycles. The Labute approximate surface area is 169 Å². The summed E-state index contributed by atoms with van der Waals surface area (Å²) in [7, 11) is -3.67. The van der Waals surface area contributed by atoms with Gasteiger partial charge in [0.1, 0.15) is 5.75 Å². The van der Waals surface area contributed by atoms with Crippen molar-refractivity contribution in [2.24, 2.45) is 4.99 Å². The molecule has 1 aromatic carbocycles. The minimum Gasteiger partial charge on any atom is -0.491 e. The van der Waals surface area contributed by atoms with Crippen molar-refractivity contribution in [1.82, 2.24) is 14.9 Å². The fourth-order valence-corrected chi connectivity index (χ4v) is 3.90. The molecule has 1 aliphatic rings. The smallest absolute Gasteiger partial charge is 0.491 e. The summed E-state index contributed by atoms with van der Waals surface area (Å²) in [4.78, 5) is 4.12. The maximum absolute atomic E-state index is 12.6. The van der Waals surface area contributed by atoms with Crippen molar-refractivity contribution in [3.63, 3.8) is 0 Å². The van der Waals surface area contributed by atoms with E-state index in [1.54, 1.807) is 7.05 Å². The molecule has 0 saturated carbocycles. The average Bonchev–Trinajstić information content (AvgIpc) is 2.65. The summed E-state index contributed by atoms with van der Waals surface area (Å²) in [6, 6.07) is 7.45. The average molecular weight is 437 g/mol. The minimum atomic E-state index is -5.27. The van der Waals surface area contributed by atoms with Gasteiger partial charge in [-0.15, -0.1) is 0 Å². The van der Waals surface area contributed by atoms with Gasteiger partial charge in [-0.1, -0.05) is 12.1 Å². The Morgan fingerprint density at radius 1 is 1.24 bits per heavy atom. The quantitative estimate of drug-likeness (QED) is 0.529. The number of alkyl halides is 3. The number of guanidine groups is 1. The molecule has 164 valence electrons. The van der Waals surface area contributed by atoms with Gasteiger partial charge in [-0.05, 0) is 44.4 Å². The number of rotatable bonds is 6. The standard InChI is InChI=1S/C18H27F3N4O3S/c1-13(2)28-16-6-4-14(5-7-16)12-23-17(22-3)24-15-8-10-25(11-9-15)29(26,27)18(19,20)21/h4-7,13,15H,8-12H2,1-3H3,(H2,22,23,24). The first-order valence-corrected chi connectivity index (χ1v) is 10.8. The van der Waals surface area contributed by atoms with Crippen molar-refractivity contribution >= 4 is 16.0 Å². The van der Waals surface area contributed by atoms with E-state index in [1.807, 2.05) is 38.1 Å². The number of sulfonamides is 1. The van der Waals surface area contributed by atoms with Gasteiger partial charge in [0.05, 0.1) is 6.10 Å². The first kappa shape index (κ1) is 23.3. The van der Waals surface area contributed by atoms with E-state index < -0.39 is 15.5 Å². The van der Waals surface area contributed by atoms with Crippen LogP contribution in [0.25, 0.3) is 0 Å². The van der Waals surface area contributed by atoms with Crippen LogP contribution in [0, 0.1) is 0 Å². The van der Waals surface area contributed by atoms with Gasteiger partial charge in [0.15, 0.2) is 5.96 Å². The Bertz CT molecular complexity index is 788. The molecule has 11 heteroatoms. The van der Waals surface area contributed by atoms with Gasteiger partial charge >= 0.3 is 15.5 Å². The molecular weight excluding hydrogens is 409 g/mol. The third-order valence-corrected chi connectivity index (χ3v) is 6.04. The number of nitrogens with zero attached hydrogens (tertiary/aromatic N) is 2. The summed E-state index contributed by atoms with van der Waals surface area (Å²) < 4.78 is 67.0. The number of hydrogen-bond acceptors (Lipinski definition) is 4. The fraction of sp³-hybridized carbons (Fsp3) is 0.611. The first-order chi connectivity index (χ1) is 13.5. The highest BCUT2D eigenvalue weighted by Crippen LogP contribution is 2.28. The molecular formula is C18H27F3N4O3S. The van der Waals surface area contributed by atoms with Crippen LogP contribution in [0.5, 0.6) is 5.75 Å². The Balaban J connectivity index is 1.83. The van der Waals surface area contributed by atoms with E-state index in [0.717, 1.165) is 11.3 Å². The molecule has 1 aromatic rings. The lowest BCUT2D eigenvalue weighted by atomic mass is 10.1. The molecule has 0 spiro atoms. The minimum absolute atomic E-state index is 0.0968. The van der Waals surface area contributed by atoms with E-state index >= 15 is 0 Å². The molecule has 2 N–H and O–H groups in total. The summed E-state index contributed by atoms with van der Waals surface area (Å²) in [5.74, 6) is 1.29. The third-order valence-electron chi connectivity index (χ3n) is 4.41. The lowest BCUT2D eigenvalue weighted by molar-refractivity contribution is -0.0494. The number of benzene rings is 1. The topological polar surface area (TPSA) is 83.0 Å². The van der Waals surface area contributed by atoms with Crippen LogP contribution < -0.4 is 15.4 Å². The molecule has 29 heavy (non-hydrogen) atoms. The Kier molecular flexibility index (Phi) is 7.75. The maximum Gasteiger partial charge on any atom is 0.511 e. The molecule has 1 aliphatic heterocycles. The predicted molar refractivity (Wildman–Crippen MR) is 105 cm³/mol. The number of ether oxygens (including phenoxy) is 1. The fourth-order valence-electron chi connectivity index (χ4n) is 2.92. The van der Waals surface area contributed by atoms with Crippen LogP contribution in [0.4, 0.5) is 13.2 Å². The summed E-state index contributed by atoms with van der Waals surface area (Å²) in [6.07, 6.45) is 0.619. The largest absolute Gasteiger partial charge is 0.511 e. The zero-order valence-electron chi connectivity index (χ0n) is 16.7. The third kappa shape index (κ3) is 6.49. The van der Waals surface area contributed by atoms with Gasteiger partial charge in [-0.25, -0.2) is 8.42 Å². The molecule has 1 fully saturated rings. The lowest BCUT2D eigenvalue weighted by Gasteiger charge is -2.32. The van der Waals surface area contributed by atoms with Crippen LogP contribution in [0.1, 0.15) is 32.3 Å². The molecule has 2 rings (SSSR count). The predicted octanol–water partition coefficient (Wildman–Crippen LogP) is 2.45. The van der Waals surface area contributed by atoms with Crippen LogP contribution in [0.15, 0.2) is 29.3 Å². The van der Waals surface area contributed by atoms with E-state index in [9.17, 15) is 21.6 Å². The van der Waals surface area contributed by atoms with Crippen LogP contribution in [-0.4, -0.2) is 56.5 Å².